The van der Waals surface area contributed by atoms with Crippen LogP contribution in [0.1, 0.15) is 12.0 Å². The van der Waals surface area contributed by atoms with Crippen molar-refractivity contribution in [3.05, 3.63) is 29.6 Å². The molecule has 0 unspecified atom stereocenters. The van der Waals surface area contributed by atoms with Crippen molar-refractivity contribution >= 4 is 24.0 Å². The van der Waals surface area contributed by atoms with Crippen LogP contribution in [0.25, 0.3) is 0 Å². The Kier molecular flexibility index (Phi) is 6.91. The van der Waals surface area contributed by atoms with Gasteiger partial charge in [-0.3, -0.25) is 9.69 Å². The third kappa shape index (κ3) is 5.07. The van der Waals surface area contributed by atoms with E-state index in [-0.39, 0.29) is 24.1 Å². The zero-order valence-corrected chi connectivity index (χ0v) is 12.4. The van der Waals surface area contributed by atoms with Crippen LogP contribution in [0.5, 0.6) is 0 Å². The molecule has 2 N–H and O–H groups in total. The molecule has 0 spiro atoms. The van der Waals surface area contributed by atoms with Crippen LogP contribution in [-0.4, -0.2) is 43.5 Å². The van der Waals surface area contributed by atoms with Gasteiger partial charge in [-0.15, -0.1) is 12.4 Å². The number of nitrogens with one attached hydrogen (secondary N) is 2. The molecule has 2 rings (SSSR count). The predicted octanol–water partition coefficient (Wildman–Crippen LogP) is 1.79. The molecule has 1 saturated heterocycles. The van der Waals surface area contributed by atoms with Gasteiger partial charge in [0.2, 0.25) is 5.91 Å². The van der Waals surface area contributed by atoms with E-state index in [1.807, 2.05) is 0 Å². The predicted molar refractivity (Wildman–Crippen MR) is 80.9 cm³/mol. The summed E-state index contributed by atoms with van der Waals surface area (Å²) in [5, 5.41) is 6.03. The third-order valence-corrected chi connectivity index (χ3v) is 3.26. The van der Waals surface area contributed by atoms with E-state index in [4.69, 9.17) is 0 Å². The Balaban J connectivity index is 0.00000200. The molecule has 6 heteroatoms. The summed E-state index contributed by atoms with van der Waals surface area (Å²) in [4.78, 5) is 14.0. The topological polar surface area (TPSA) is 44.4 Å². The fraction of sp³-hybridized carbons (Fsp3) is 0.500. The van der Waals surface area contributed by atoms with Crippen LogP contribution < -0.4 is 10.6 Å². The number of hydrogen-bond donors (Lipinski definition) is 2. The molecule has 1 fully saturated rings. The summed E-state index contributed by atoms with van der Waals surface area (Å²) in [6, 6.07) is 4.75. The summed E-state index contributed by atoms with van der Waals surface area (Å²) in [5.41, 5.74) is 1.10. The number of carbonyl (C=O) groups is 1. The Hall–Kier alpha value is -1.17. The van der Waals surface area contributed by atoms with Gasteiger partial charge in [-0.05, 0) is 44.1 Å². The van der Waals surface area contributed by atoms with Crippen LogP contribution in [0.2, 0.25) is 0 Å². The molecule has 1 aromatic carbocycles. The number of aryl methyl sites for hydroxylation is 1. The number of anilines is 1. The van der Waals surface area contributed by atoms with Crippen molar-refractivity contribution in [2.24, 2.45) is 0 Å². The zero-order valence-electron chi connectivity index (χ0n) is 11.6. The summed E-state index contributed by atoms with van der Waals surface area (Å²) < 4.78 is 13.4. The SMILES string of the molecule is Cc1ccc(NC(=O)CN2CCCNCC2)cc1F.Cl. The molecule has 112 valence electrons. The fourth-order valence-electron chi connectivity index (χ4n) is 2.13. The molecule has 1 aliphatic rings. The highest BCUT2D eigenvalue weighted by Crippen LogP contribution is 2.13. The maximum absolute atomic E-state index is 13.4. The summed E-state index contributed by atoms with van der Waals surface area (Å²) in [6.45, 7) is 5.76. The Morgan fingerprint density at radius 2 is 2.20 bits per heavy atom. The minimum absolute atomic E-state index is 0. The van der Waals surface area contributed by atoms with E-state index in [0.717, 1.165) is 32.6 Å². The average molecular weight is 302 g/mol. The molecular formula is C14H21ClFN3O. The number of hydrogen-bond acceptors (Lipinski definition) is 3. The third-order valence-electron chi connectivity index (χ3n) is 3.26. The van der Waals surface area contributed by atoms with E-state index in [1.54, 1.807) is 19.1 Å². The minimum Gasteiger partial charge on any atom is -0.325 e. The van der Waals surface area contributed by atoms with Crippen LogP contribution in [0.15, 0.2) is 18.2 Å². The maximum atomic E-state index is 13.4. The highest BCUT2D eigenvalue weighted by Gasteiger charge is 2.13. The van der Waals surface area contributed by atoms with E-state index in [2.05, 4.69) is 15.5 Å². The largest absolute Gasteiger partial charge is 0.325 e. The summed E-state index contributed by atoms with van der Waals surface area (Å²) in [7, 11) is 0. The smallest absolute Gasteiger partial charge is 0.238 e. The lowest BCUT2D eigenvalue weighted by Gasteiger charge is -2.18. The van der Waals surface area contributed by atoms with Crippen molar-refractivity contribution in [2.75, 3.05) is 38.0 Å². The summed E-state index contributed by atoms with van der Waals surface area (Å²) >= 11 is 0. The van der Waals surface area contributed by atoms with Crippen molar-refractivity contribution in [3.8, 4) is 0 Å². The lowest BCUT2D eigenvalue weighted by atomic mass is 10.2. The number of rotatable bonds is 3. The maximum Gasteiger partial charge on any atom is 0.238 e. The summed E-state index contributed by atoms with van der Waals surface area (Å²) in [5.74, 6) is -0.387. The molecule has 0 atom stereocenters. The zero-order chi connectivity index (χ0) is 13.7. The van der Waals surface area contributed by atoms with Gasteiger partial charge >= 0.3 is 0 Å². The van der Waals surface area contributed by atoms with Crippen molar-refractivity contribution in [1.82, 2.24) is 10.2 Å². The van der Waals surface area contributed by atoms with E-state index < -0.39 is 0 Å². The molecule has 1 aliphatic heterocycles. The molecule has 0 aliphatic carbocycles. The first-order valence-corrected chi connectivity index (χ1v) is 6.64. The summed E-state index contributed by atoms with van der Waals surface area (Å²) in [6.07, 6.45) is 1.05. The van der Waals surface area contributed by atoms with E-state index >= 15 is 0 Å². The molecule has 1 heterocycles. The lowest BCUT2D eigenvalue weighted by molar-refractivity contribution is -0.117. The molecule has 20 heavy (non-hydrogen) atoms. The second kappa shape index (κ2) is 8.19. The Labute approximate surface area is 125 Å². The second-order valence-electron chi connectivity index (χ2n) is 4.89. The Bertz CT molecular complexity index is 448. The molecule has 1 amide bonds. The van der Waals surface area contributed by atoms with E-state index in [1.165, 1.54) is 6.07 Å². The number of carbonyl (C=O) groups excluding carboxylic acids is 1. The first-order chi connectivity index (χ1) is 9.15. The number of amides is 1. The number of halogens is 2. The van der Waals surface area contributed by atoms with Crippen LogP contribution in [0.3, 0.4) is 0 Å². The van der Waals surface area contributed by atoms with Gasteiger partial charge in [-0.1, -0.05) is 6.07 Å². The van der Waals surface area contributed by atoms with Crippen molar-refractivity contribution < 1.29 is 9.18 Å². The van der Waals surface area contributed by atoms with Gasteiger partial charge in [0.1, 0.15) is 5.82 Å². The van der Waals surface area contributed by atoms with Gasteiger partial charge in [0.15, 0.2) is 0 Å². The molecule has 0 radical (unpaired) electrons. The highest BCUT2D eigenvalue weighted by atomic mass is 35.5. The first kappa shape index (κ1) is 16.9. The van der Waals surface area contributed by atoms with Crippen molar-refractivity contribution in [2.45, 2.75) is 13.3 Å². The highest BCUT2D eigenvalue weighted by molar-refractivity contribution is 5.92. The van der Waals surface area contributed by atoms with Gasteiger partial charge in [0.05, 0.1) is 6.54 Å². The Morgan fingerprint density at radius 1 is 1.40 bits per heavy atom. The second-order valence-corrected chi connectivity index (χ2v) is 4.89. The van der Waals surface area contributed by atoms with Crippen molar-refractivity contribution in [3.63, 3.8) is 0 Å². The normalized spacial score (nSPS) is 16.1. The molecule has 0 saturated carbocycles. The molecular weight excluding hydrogens is 281 g/mol. The van der Waals surface area contributed by atoms with Crippen molar-refractivity contribution in [1.29, 1.82) is 0 Å². The Morgan fingerprint density at radius 3 is 2.95 bits per heavy atom. The van der Waals surface area contributed by atoms with Crippen LogP contribution in [0.4, 0.5) is 10.1 Å². The standard InChI is InChI=1S/C14H20FN3O.ClH/c1-11-3-4-12(9-13(11)15)17-14(19)10-18-7-2-5-16-6-8-18;/h3-4,9,16H,2,5-8,10H2,1H3,(H,17,19);1H. The number of nitrogens with zero attached hydrogens (tertiary/aromatic N) is 1. The van der Waals surface area contributed by atoms with Gasteiger partial charge < -0.3 is 10.6 Å². The van der Waals surface area contributed by atoms with E-state index in [0.29, 0.717) is 17.8 Å². The van der Waals surface area contributed by atoms with Gasteiger partial charge in [0.25, 0.3) is 0 Å². The monoisotopic (exact) mass is 301 g/mol. The number of benzene rings is 1. The quantitative estimate of drug-likeness (QED) is 0.895. The van der Waals surface area contributed by atoms with Crippen LogP contribution >= 0.6 is 12.4 Å². The minimum atomic E-state index is -0.295. The van der Waals surface area contributed by atoms with Gasteiger partial charge in [-0.25, -0.2) is 4.39 Å². The molecule has 0 bridgehead atoms. The molecule has 4 nitrogen and oxygen atoms in total. The average Bonchev–Trinajstić information content (AvgIpc) is 2.62. The lowest BCUT2D eigenvalue weighted by Crippen LogP contribution is -2.35. The molecule has 1 aromatic rings. The first-order valence-electron chi connectivity index (χ1n) is 6.64. The molecule has 0 aromatic heterocycles. The van der Waals surface area contributed by atoms with Gasteiger partial charge in [-0.2, -0.15) is 0 Å². The van der Waals surface area contributed by atoms with Crippen LogP contribution in [0, 0.1) is 12.7 Å². The van der Waals surface area contributed by atoms with Crippen LogP contribution in [-0.2, 0) is 4.79 Å². The van der Waals surface area contributed by atoms with Gasteiger partial charge in [0, 0.05) is 18.8 Å². The van der Waals surface area contributed by atoms with E-state index in [9.17, 15) is 9.18 Å². The fourth-order valence-corrected chi connectivity index (χ4v) is 2.13.